The van der Waals surface area contributed by atoms with E-state index in [9.17, 15) is 19.5 Å². The number of amidine groups is 2. The summed E-state index contributed by atoms with van der Waals surface area (Å²) in [5.41, 5.74) is 6.44. The van der Waals surface area contributed by atoms with Crippen molar-refractivity contribution >= 4 is 69.3 Å². The fourth-order valence-corrected chi connectivity index (χ4v) is 6.50. The van der Waals surface area contributed by atoms with E-state index in [1.165, 1.54) is 34.5 Å². The normalized spacial score (nSPS) is 23.3. The van der Waals surface area contributed by atoms with E-state index in [1.807, 2.05) is 12.1 Å². The third-order valence-corrected chi connectivity index (χ3v) is 8.29. The zero-order chi connectivity index (χ0) is 25.7. The number of hydrogen-bond acceptors (Lipinski definition) is 10. The van der Waals surface area contributed by atoms with Crippen LogP contribution in [0.5, 0.6) is 0 Å². The minimum atomic E-state index is -1.20. The van der Waals surface area contributed by atoms with Crippen LogP contribution in [-0.4, -0.2) is 67.6 Å². The molecule has 3 unspecified atom stereocenters. The van der Waals surface area contributed by atoms with Gasteiger partial charge in [0.1, 0.15) is 28.0 Å². The number of carbonyl (C=O) groups is 3. The predicted octanol–water partition coefficient (Wildman–Crippen LogP) is 1.43. The molecule has 4 N–H and O–H groups in total. The van der Waals surface area contributed by atoms with Crippen LogP contribution in [0.4, 0.5) is 0 Å². The molecule has 2 amide bonds. The zero-order valence-corrected chi connectivity index (χ0v) is 21.1. The van der Waals surface area contributed by atoms with E-state index in [1.54, 1.807) is 23.7 Å². The van der Waals surface area contributed by atoms with Crippen LogP contribution >= 0.6 is 23.5 Å². The van der Waals surface area contributed by atoms with Gasteiger partial charge in [0, 0.05) is 16.9 Å². The SMILES string of the molecule is C=CCO/N=S1\N=C(CC(=O)NC2C(=O)N3C(C(=O)O)=C(S/C=C\c4ccccn4)CSC23)N=C1N. The lowest BCUT2D eigenvalue weighted by atomic mass is 10.0. The zero-order valence-electron chi connectivity index (χ0n) is 18.6. The fourth-order valence-electron chi connectivity index (χ4n) is 3.30. The molecule has 4 rings (SSSR count). The van der Waals surface area contributed by atoms with Crippen molar-refractivity contribution in [1.29, 1.82) is 0 Å². The Balaban J connectivity index is 1.38. The molecule has 188 valence electrons. The number of carbonyl (C=O) groups excluding carboxylic acids is 2. The number of nitrogens with two attached hydrogens (primary N) is 1. The molecule has 12 nitrogen and oxygen atoms in total. The highest BCUT2D eigenvalue weighted by molar-refractivity contribution is 8.08. The number of nitrogens with one attached hydrogen (secondary N) is 1. The van der Waals surface area contributed by atoms with Crippen LogP contribution in [0.1, 0.15) is 12.1 Å². The molecule has 0 bridgehead atoms. The molecule has 0 aromatic carbocycles. The Morgan fingerprint density at radius 2 is 2.31 bits per heavy atom. The van der Waals surface area contributed by atoms with Crippen molar-refractivity contribution in [3.05, 3.63) is 58.8 Å². The molecular formula is C21H21N7O5S3. The van der Waals surface area contributed by atoms with Crippen molar-refractivity contribution in [3.63, 3.8) is 0 Å². The Morgan fingerprint density at radius 3 is 3.03 bits per heavy atom. The van der Waals surface area contributed by atoms with Crippen molar-refractivity contribution in [3.8, 4) is 0 Å². The molecule has 3 aliphatic heterocycles. The standard InChI is InChI=1S/C21H21N7O5S3/c1-2-8-33-27-36-21(22)24-14(26-36)10-15(29)25-16-18(30)28-17(20(31)32)13(11-35-19(16)28)34-9-6-12-5-3-4-7-23-12/h2-7,9,16,19H,1,8,10-11H2,(H,25,29)(H,31,32)(H2,22,24,26)/b9-6-. The summed E-state index contributed by atoms with van der Waals surface area (Å²) in [6.07, 6.45) is 4.74. The molecule has 3 aliphatic rings. The van der Waals surface area contributed by atoms with Gasteiger partial charge in [0.05, 0.1) is 18.7 Å². The number of pyridine rings is 1. The smallest absolute Gasteiger partial charge is 0.353 e. The summed E-state index contributed by atoms with van der Waals surface area (Å²) in [5.74, 6) is -1.63. The van der Waals surface area contributed by atoms with Crippen LogP contribution in [-0.2, 0) is 30.1 Å². The summed E-state index contributed by atoms with van der Waals surface area (Å²) in [6, 6.07) is 4.62. The molecule has 0 radical (unpaired) electrons. The van der Waals surface area contributed by atoms with Gasteiger partial charge in [-0.25, -0.2) is 14.6 Å². The maximum Gasteiger partial charge on any atom is 0.353 e. The number of amides is 2. The molecule has 4 heterocycles. The second kappa shape index (κ2) is 11.6. The second-order valence-electron chi connectivity index (χ2n) is 7.26. The van der Waals surface area contributed by atoms with Crippen molar-refractivity contribution in [2.75, 3.05) is 12.4 Å². The first-order chi connectivity index (χ1) is 17.4. The first-order valence-corrected chi connectivity index (χ1v) is 13.5. The quantitative estimate of drug-likeness (QED) is 0.170. The van der Waals surface area contributed by atoms with Gasteiger partial charge in [-0.1, -0.05) is 28.4 Å². The first-order valence-electron chi connectivity index (χ1n) is 10.4. The van der Waals surface area contributed by atoms with E-state index in [4.69, 9.17) is 10.6 Å². The summed E-state index contributed by atoms with van der Waals surface area (Å²) in [5, 5.41) is 13.8. The van der Waals surface area contributed by atoms with Gasteiger partial charge in [-0.15, -0.1) is 18.3 Å². The highest BCUT2D eigenvalue weighted by Gasteiger charge is 2.54. The second-order valence-corrected chi connectivity index (χ2v) is 10.6. The lowest BCUT2D eigenvalue weighted by Crippen LogP contribution is -2.70. The van der Waals surface area contributed by atoms with Crippen molar-refractivity contribution in [2.45, 2.75) is 17.8 Å². The van der Waals surface area contributed by atoms with E-state index in [2.05, 4.69) is 30.8 Å². The van der Waals surface area contributed by atoms with E-state index in [-0.39, 0.29) is 29.7 Å². The molecule has 1 saturated heterocycles. The highest BCUT2D eigenvalue weighted by atomic mass is 32.2. The summed E-state index contributed by atoms with van der Waals surface area (Å²) in [6.45, 7) is 3.70. The van der Waals surface area contributed by atoms with E-state index in [0.717, 1.165) is 5.69 Å². The first kappa shape index (κ1) is 25.8. The van der Waals surface area contributed by atoms with Crippen LogP contribution in [0.2, 0.25) is 0 Å². The number of nitrogens with zero attached hydrogens (tertiary/aromatic N) is 5. The number of aliphatic imine (C=N–C) groups is 1. The van der Waals surface area contributed by atoms with Crippen molar-refractivity contribution in [1.82, 2.24) is 15.2 Å². The Morgan fingerprint density at radius 1 is 1.47 bits per heavy atom. The fraction of sp³-hybridized carbons (Fsp3) is 0.238. The lowest BCUT2D eigenvalue weighted by molar-refractivity contribution is -0.150. The summed E-state index contributed by atoms with van der Waals surface area (Å²) >= 11 is 2.60. The largest absolute Gasteiger partial charge is 0.477 e. The van der Waals surface area contributed by atoms with Crippen LogP contribution in [0, 0.1) is 0 Å². The minimum absolute atomic E-state index is 0.0763. The Hall–Kier alpha value is -3.27. The molecule has 15 heteroatoms. The van der Waals surface area contributed by atoms with Crippen LogP contribution in [0.3, 0.4) is 0 Å². The number of aliphatic carboxylic acids is 1. The third kappa shape index (κ3) is 5.75. The number of carboxylic acids is 1. The van der Waals surface area contributed by atoms with Crippen LogP contribution in [0.25, 0.3) is 6.08 Å². The number of aromatic nitrogens is 1. The van der Waals surface area contributed by atoms with Gasteiger partial charge in [0.15, 0.2) is 11.0 Å². The van der Waals surface area contributed by atoms with Gasteiger partial charge < -0.3 is 16.2 Å². The maximum atomic E-state index is 12.8. The van der Waals surface area contributed by atoms with Crippen molar-refractivity contribution < 1.29 is 24.3 Å². The average molecular weight is 548 g/mol. The molecule has 0 aliphatic carbocycles. The van der Waals surface area contributed by atoms with Crippen LogP contribution in [0.15, 0.2) is 67.0 Å². The van der Waals surface area contributed by atoms with Gasteiger partial charge in [-0.2, -0.15) is 4.40 Å². The number of rotatable bonds is 10. The third-order valence-electron chi connectivity index (χ3n) is 4.84. The molecule has 1 aromatic heterocycles. The summed E-state index contributed by atoms with van der Waals surface area (Å²) < 4.78 is 7.98. The number of β-lactam (4-membered cyclic amide) rings is 1. The average Bonchev–Trinajstić information content (AvgIpc) is 3.21. The van der Waals surface area contributed by atoms with Gasteiger partial charge in [-0.05, 0) is 23.6 Å². The summed E-state index contributed by atoms with van der Waals surface area (Å²) in [4.78, 5) is 52.3. The Kier molecular flexibility index (Phi) is 8.35. The highest BCUT2D eigenvalue weighted by Crippen LogP contribution is 2.43. The molecule has 3 atom stereocenters. The number of carboxylic acid groups (broad SMARTS) is 1. The molecule has 0 saturated carbocycles. The monoisotopic (exact) mass is 547 g/mol. The van der Waals surface area contributed by atoms with E-state index < -0.39 is 40.1 Å². The predicted molar refractivity (Wildman–Crippen MR) is 140 cm³/mol. The molecular weight excluding hydrogens is 526 g/mol. The van der Waals surface area contributed by atoms with Gasteiger partial charge in [0.2, 0.25) is 5.91 Å². The maximum absolute atomic E-state index is 12.8. The van der Waals surface area contributed by atoms with Gasteiger partial charge in [0.25, 0.3) is 5.91 Å². The number of thioether (sulfide) groups is 2. The molecule has 1 aromatic rings. The Labute approximate surface area is 217 Å². The Bertz CT molecular complexity index is 1250. The van der Waals surface area contributed by atoms with Crippen LogP contribution < -0.4 is 11.1 Å². The molecule has 1 fully saturated rings. The minimum Gasteiger partial charge on any atom is -0.477 e. The van der Waals surface area contributed by atoms with E-state index >= 15 is 0 Å². The van der Waals surface area contributed by atoms with Crippen molar-refractivity contribution in [2.24, 2.45) is 19.6 Å². The molecule has 36 heavy (non-hydrogen) atoms. The van der Waals surface area contributed by atoms with E-state index in [0.29, 0.717) is 10.7 Å². The number of hydrogen-bond donors (Lipinski definition) is 3. The van der Waals surface area contributed by atoms with Gasteiger partial charge in [-0.3, -0.25) is 19.5 Å². The number of fused-ring (bicyclic) bond motifs is 1. The molecule has 0 spiro atoms. The van der Waals surface area contributed by atoms with Gasteiger partial charge >= 0.3 is 5.97 Å². The summed E-state index contributed by atoms with van der Waals surface area (Å²) in [7, 11) is -1.14. The topological polar surface area (TPSA) is 172 Å². The lowest BCUT2D eigenvalue weighted by Gasteiger charge is -2.49.